The van der Waals surface area contributed by atoms with Gasteiger partial charge < -0.3 is 15.5 Å². The maximum Gasteiger partial charge on any atom is 0.251 e. The third-order valence-corrected chi connectivity index (χ3v) is 5.80. The molecule has 30 heavy (non-hydrogen) atoms. The second-order valence-electron chi connectivity index (χ2n) is 8.11. The number of amides is 2. The van der Waals surface area contributed by atoms with Crippen LogP contribution in [0.15, 0.2) is 60.7 Å². The first-order chi connectivity index (χ1) is 14.6. The summed E-state index contributed by atoms with van der Waals surface area (Å²) >= 11 is 0. The van der Waals surface area contributed by atoms with Crippen molar-refractivity contribution in [3.05, 3.63) is 71.8 Å². The molecule has 0 spiro atoms. The van der Waals surface area contributed by atoms with Crippen LogP contribution in [0.25, 0.3) is 0 Å². The fourth-order valence-electron chi connectivity index (χ4n) is 4.00. The molecule has 1 aliphatic heterocycles. The molecule has 2 aromatic carbocycles. The molecule has 0 bridgehead atoms. The lowest BCUT2D eigenvalue weighted by Gasteiger charge is -2.33. The van der Waals surface area contributed by atoms with Crippen molar-refractivity contribution in [2.24, 2.45) is 0 Å². The number of nitrogens with zero attached hydrogens (tertiary/aromatic N) is 1. The van der Waals surface area contributed by atoms with Crippen LogP contribution in [0.3, 0.4) is 0 Å². The fraction of sp³-hybridized carbons (Fsp3) is 0.440. The summed E-state index contributed by atoms with van der Waals surface area (Å²) in [5, 5.41) is 5.95. The zero-order valence-electron chi connectivity index (χ0n) is 17.8. The van der Waals surface area contributed by atoms with Gasteiger partial charge in [-0.05, 0) is 50.4 Å². The minimum atomic E-state index is -0.603. The Morgan fingerprint density at radius 3 is 2.43 bits per heavy atom. The highest BCUT2D eigenvalue weighted by molar-refractivity contribution is 5.97. The smallest absolute Gasteiger partial charge is 0.251 e. The van der Waals surface area contributed by atoms with Crippen molar-refractivity contribution in [3.8, 4) is 0 Å². The molecule has 2 atom stereocenters. The molecule has 1 fully saturated rings. The number of rotatable bonds is 9. The van der Waals surface area contributed by atoms with Gasteiger partial charge in [-0.2, -0.15) is 0 Å². The van der Waals surface area contributed by atoms with Gasteiger partial charge in [0.2, 0.25) is 5.91 Å². The Morgan fingerprint density at radius 2 is 1.73 bits per heavy atom. The summed E-state index contributed by atoms with van der Waals surface area (Å²) < 4.78 is 0. The number of likely N-dealkylation sites (tertiary alicyclic amines) is 1. The summed E-state index contributed by atoms with van der Waals surface area (Å²) in [6.07, 6.45) is 5.23. The van der Waals surface area contributed by atoms with Gasteiger partial charge in [-0.1, -0.05) is 55.0 Å². The normalized spacial score (nSPS) is 17.8. The molecular weight excluding hydrogens is 374 g/mol. The third-order valence-electron chi connectivity index (χ3n) is 5.80. The van der Waals surface area contributed by atoms with Gasteiger partial charge in [-0.15, -0.1) is 0 Å². The minimum Gasteiger partial charge on any atom is -0.354 e. The summed E-state index contributed by atoms with van der Waals surface area (Å²) in [5.41, 5.74) is 1.58. The van der Waals surface area contributed by atoms with E-state index in [1.165, 1.54) is 19.3 Å². The van der Waals surface area contributed by atoms with E-state index in [-0.39, 0.29) is 11.8 Å². The number of hydrogen-bond acceptors (Lipinski definition) is 3. The van der Waals surface area contributed by atoms with E-state index in [2.05, 4.69) is 22.5 Å². The Bertz CT molecular complexity index is 795. The largest absolute Gasteiger partial charge is 0.354 e. The number of carbonyl (C=O) groups excluding carboxylic acids is 2. The molecule has 2 N–H and O–H groups in total. The van der Waals surface area contributed by atoms with Gasteiger partial charge in [0.1, 0.15) is 6.04 Å². The van der Waals surface area contributed by atoms with Crippen molar-refractivity contribution >= 4 is 11.8 Å². The molecule has 1 saturated heterocycles. The summed E-state index contributed by atoms with van der Waals surface area (Å²) in [6.45, 7) is 5.06. The maximum atomic E-state index is 12.9. The molecule has 0 unspecified atom stereocenters. The van der Waals surface area contributed by atoms with Gasteiger partial charge >= 0.3 is 0 Å². The van der Waals surface area contributed by atoms with Crippen LogP contribution in [0, 0.1) is 0 Å². The van der Waals surface area contributed by atoms with Crippen LogP contribution >= 0.6 is 0 Å². The van der Waals surface area contributed by atoms with Crippen LogP contribution in [0.1, 0.15) is 48.5 Å². The molecule has 3 rings (SSSR count). The molecule has 1 aliphatic rings. The Kier molecular flexibility index (Phi) is 8.45. The zero-order chi connectivity index (χ0) is 21.2. The Balaban J connectivity index is 1.55. The second kappa shape index (κ2) is 11.5. The highest BCUT2D eigenvalue weighted by Gasteiger charge is 2.22. The molecular formula is C25H33N3O2. The number of hydrogen-bond donors (Lipinski definition) is 2. The first kappa shape index (κ1) is 22.0. The minimum absolute atomic E-state index is 0.130. The SMILES string of the molecule is C[C@@H]1CCCCN1CCCNC(=O)[C@@H](Cc1ccccc1)NC(=O)c1ccccc1. The van der Waals surface area contributed by atoms with E-state index < -0.39 is 6.04 Å². The Morgan fingerprint density at radius 1 is 1.03 bits per heavy atom. The average molecular weight is 408 g/mol. The number of piperidine rings is 1. The first-order valence-electron chi connectivity index (χ1n) is 11.0. The number of benzene rings is 2. The molecule has 2 amide bonds. The molecule has 0 saturated carbocycles. The predicted molar refractivity (Wildman–Crippen MR) is 120 cm³/mol. The van der Waals surface area contributed by atoms with Gasteiger partial charge in [0.15, 0.2) is 0 Å². The van der Waals surface area contributed by atoms with Crippen molar-refractivity contribution in [2.75, 3.05) is 19.6 Å². The van der Waals surface area contributed by atoms with Gasteiger partial charge in [-0.3, -0.25) is 9.59 Å². The van der Waals surface area contributed by atoms with Crippen molar-refractivity contribution in [1.29, 1.82) is 0 Å². The highest BCUT2D eigenvalue weighted by Crippen LogP contribution is 2.16. The predicted octanol–water partition coefficient (Wildman–Crippen LogP) is 3.41. The van der Waals surface area contributed by atoms with Gasteiger partial charge in [-0.25, -0.2) is 0 Å². The van der Waals surface area contributed by atoms with E-state index in [1.54, 1.807) is 12.1 Å². The van der Waals surface area contributed by atoms with Crippen LogP contribution in [-0.4, -0.2) is 48.4 Å². The van der Waals surface area contributed by atoms with Crippen LogP contribution in [0.2, 0.25) is 0 Å². The Labute approximate surface area is 179 Å². The van der Waals surface area contributed by atoms with Crippen molar-refractivity contribution in [3.63, 3.8) is 0 Å². The van der Waals surface area contributed by atoms with Crippen molar-refractivity contribution in [2.45, 2.75) is 51.1 Å². The zero-order valence-corrected chi connectivity index (χ0v) is 17.8. The van der Waals surface area contributed by atoms with E-state index in [1.807, 2.05) is 48.5 Å². The molecule has 160 valence electrons. The summed E-state index contributed by atoms with van der Waals surface area (Å²) in [7, 11) is 0. The number of nitrogens with one attached hydrogen (secondary N) is 2. The highest BCUT2D eigenvalue weighted by atomic mass is 16.2. The molecule has 0 aliphatic carbocycles. The van der Waals surface area contributed by atoms with E-state index in [9.17, 15) is 9.59 Å². The van der Waals surface area contributed by atoms with Crippen LogP contribution < -0.4 is 10.6 Å². The standard InChI is InChI=1S/C25H33N3O2/c1-20-11-8-9-17-28(20)18-10-16-26-25(30)23(19-21-12-4-2-5-13-21)27-24(29)22-14-6-3-7-15-22/h2-7,12-15,20,23H,8-11,16-19H2,1H3,(H,26,30)(H,27,29)/t20-,23-/m1/s1. The Hall–Kier alpha value is -2.66. The van der Waals surface area contributed by atoms with Crippen LogP contribution in [-0.2, 0) is 11.2 Å². The molecule has 5 heteroatoms. The van der Waals surface area contributed by atoms with Gasteiger partial charge in [0, 0.05) is 31.1 Å². The summed E-state index contributed by atoms with van der Waals surface area (Å²) in [4.78, 5) is 28.0. The lowest BCUT2D eigenvalue weighted by molar-refractivity contribution is -0.123. The molecule has 1 heterocycles. The van der Waals surface area contributed by atoms with Gasteiger partial charge in [0.25, 0.3) is 5.91 Å². The molecule has 2 aromatic rings. The fourth-order valence-corrected chi connectivity index (χ4v) is 4.00. The summed E-state index contributed by atoms with van der Waals surface area (Å²) in [5.74, 6) is -0.358. The second-order valence-corrected chi connectivity index (χ2v) is 8.11. The van der Waals surface area contributed by atoms with Crippen LogP contribution in [0.4, 0.5) is 0 Å². The lowest BCUT2D eigenvalue weighted by Crippen LogP contribution is -2.48. The molecule has 5 nitrogen and oxygen atoms in total. The quantitative estimate of drug-likeness (QED) is 0.626. The van der Waals surface area contributed by atoms with Gasteiger partial charge in [0.05, 0.1) is 0 Å². The van der Waals surface area contributed by atoms with E-state index in [0.29, 0.717) is 24.6 Å². The first-order valence-corrected chi connectivity index (χ1v) is 11.0. The number of carbonyl (C=O) groups is 2. The van der Waals surface area contributed by atoms with E-state index in [0.717, 1.165) is 25.1 Å². The van der Waals surface area contributed by atoms with E-state index in [4.69, 9.17) is 0 Å². The van der Waals surface area contributed by atoms with E-state index >= 15 is 0 Å². The lowest BCUT2D eigenvalue weighted by atomic mass is 10.0. The molecule has 0 radical (unpaired) electrons. The van der Waals surface area contributed by atoms with Crippen LogP contribution in [0.5, 0.6) is 0 Å². The molecule has 0 aromatic heterocycles. The summed E-state index contributed by atoms with van der Waals surface area (Å²) in [6, 6.07) is 18.9. The maximum absolute atomic E-state index is 12.9. The van der Waals surface area contributed by atoms with Crippen molar-refractivity contribution < 1.29 is 9.59 Å². The average Bonchev–Trinajstić information content (AvgIpc) is 2.78. The van der Waals surface area contributed by atoms with Crippen molar-refractivity contribution in [1.82, 2.24) is 15.5 Å². The topological polar surface area (TPSA) is 61.4 Å². The monoisotopic (exact) mass is 407 g/mol. The third kappa shape index (κ3) is 6.70.